The first-order chi connectivity index (χ1) is 9.06. The molecule has 2 N–H and O–H groups in total. The first-order valence-corrected chi connectivity index (χ1v) is 7.04. The summed E-state index contributed by atoms with van der Waals surface area (Å²) in [5, 5.41) is 5.81. The number of thiocarbonyl (C=S) groups is 1. The average Bonchev–Trinajstić information content (AvgIpc) is 2.68. The third-order valence-corrected chi connectivity index (χ3v) is 3.92. The van der Waals surface area contributed by atoms with Crippen molar-refractivity contribution in [2.75, 3.05) is 23.1 Å². The quantitative estimate of drug-likeness (QED) is 0.831. The van der Waals surface area contributed by atoms with Gasteiger partial charge in [0.25, 0.3) is 0 Å². The number of nitrogens with one attached hydrogen (secondary N) is 2. The predicted octanol–water partition coefficient (Wildman–Crippen LogP) is 1.87. The summed E-state index contributed by atoms with van der Waals surface area (Å²) >= 11 is 6.46. The van der Waals surface area contributed by atoms with Gasteiger partial charge in [-0.1, -0.05) is 24.0 Å². The van der Waals surface area contributed by atoms with Gasteiger partial charge in [0.1, 0.15) is 4.32 Å². The van der Waals surface area contributed by atoms with Crippen LogP contribution in [0.2, 0.25) is 0 Å². The molecule has 0 atom stereocenters. The smallest absolute Gasteiger partial charge is 0.239 e. The number of hydrogen-bond acceptors (Lipinski definition) is 5. The second-order valence-corrected chi connectivity index (χ2v) is 5.58. The summed E-state index contributed by atoms with van der Waals surface area (Å²) in [4.78, 5) is 23.9. The Bertz CT molecular complexity index is 500. The Hall–Kier alpha value is -1.60. The molecule has 1 aromatic carbocycles. The second kappa shape index (κ2) is 6.03. The largest absolute Gasteiger partial charge is 0.367 e. The maximum absolute atomic E-state index is 11.5. The molecule has 0 saturated carbocycles. The molecule has 1 aromatic rings. The summed E-state index contributed by atoms with van der Waals surface area (Å²) in [7, 11) is 0. The summed E-state index contributed by atoms with van der Waals surface area (Å²) < 4.78 is 0.604. The number of anilines is 2. The molecule has 1 fully saturated rings. The zero-order valence-electron chi connectivity index (χ0n) is 10.3. The fourth-order valence-corrected chi connectivity index (χ4v) is 2.65. The van der Waals surface area contributed by atoms with Gasteiger partial charge in [0.15, 0.2) is 0 Å². The maximum Gasteiger partial charge on any atom is 0.239 e. The van der Waals surface area contributed by atoms with Crippen LogP contribution < -0.4 is 10.6 Å². The first kappa shape index (κ1) is 13.8. The molecule has 2 rings (SSSR count). The molecule has 0 bridgehead atoms. The van der Waals surface area contributed by atoms with Crippen LogP contribution in [0, 0.1) is 0 Å². The van der Waals surface area contributed by atoms with Crippen molar-refractivity contribution in [3.05, 3.63) is 24.3 Å². The number of carbonyl (C=O) groups excluding carboxylic acids is 2. The minimum Gasteiger partial charge on any atom is -0.367 e. The summed E-state index contributed by atoms with van der Waals surface area (Å²) in [5.41, 5.74) is 1.60. The Morgan fingerprint density at radius 1 is 1.37 bits per heavy atom. The van der Waals surface area contributed by atoms with Gasteiger partial charge < -0.3 is 10.6 Å². The number of thioether (sulfide) groups is 1. The van der Waals surface area contributed by atoms with Gasteiger partial charge in [0.2, 0.25) is 11.8 Å². The van der Waals surface area contributed by atoms with Gasteiger partial charge in [-0.2, -0.15) is 0 Å². The van der Waals surface area contributed by atoms with Gasteiger partial charge in [-0.05, 0) is 24.3 Å². The van der Waals surface area contributed by atoms with E-state index in [-0.39, 0.29) is 11.8 Å². The minimum absolute atomic E-state index is 0.0253. The molecule has 100 valence electrons. The second-order valence-electron chi connectivity index (χ2n) is 3.97. The number of carbonyl (C=O) groups is 2. The van der Waals surface area contributed by atoms with Crippen molar-refractivity contribution < 1.29 is 9.59 Å². The lowest BCUT2D eigenvalue weighted by atomic mass is 10.3. The Morgan fingerprint density at radius 2 is 2.00 bits per heavy atom. The molecule has 0 spiro atoms. The highest BCUT2D eigenvalue weighted by molar-refractivity contribution is 8.23. The van der Waals surface area contributed by atoms with Gasteiger partial charge in [-0.3, -0.25) is 14.5 Å². The highest BCUT2D eigenvalue weighted by atomic mass is 32.2. The average molecular weight is 295 g/mol. The predicted molar refractivity (Wildman–Crippen MR) is 81.1 cm³/mol. The molecule has 5 nitrogen and oxygen atoms in total. The van der Waals surface area contributed by atoms with Crippen molar-refractivity contribution in [1.29, 1.82) is 0 Å². The van der Waals surface area contributed by atoms with Crippen LogP contribution in [0.1, 0.15) is 6.92 Å². The van der Waals surface area contributed by atoms with Crippen LogP contribution in [0.15, 0.2) is 24.3 Å². The van der Waals surface area contributed by atoms with Crippen LogP contribution >= 0.6 is 24.0 Å². The maximum atomic E-state index is 11.5. The lowest BCUT2D eigenvalue weighted by Gasteiger charge is -2.16. The molecule has 0 aliphatic carbocycles. The standard InChI is InChI=1S/C12H13N3O2S2/c1-8(16)14-10-4-2-9(3-5-10)13-7-15-11(17)6-19-12(15)18/h2-5,13H,6-7H2,1H3,(H,14,16). The van der Waals surface area contributed by atoms with Crippen LogP contribution in [0.5, 0.6) is 0 Å². The minimum atomic E-state index is -0.106. The molecule has 0 unspecified atom stereocenters. The number of nitrogens with zero attached hydrogens (tertiary/aromatic N) is 1. The van der Waals surface area contributed by atoms with Crippen LogP contribution in [-0.2, 0) is 9.59 Å². The molecule has 7 heteroatoms. The summed E-state index contributed by atoms with van der Waals surface area (Å²) in [6.07, 6.45) is 0. The van der Waals surface area contributed by atoms with Gasteiger partial charge in [0.05, 0.1) is 12.4 Å². The summed E-state index contributed by atoms with van der Waals surface area (Å²) in [5.74, 6) is 0.338. The van der Waals surface area contributed by atoms with E-state index in [1.54, 1.807) is 17.0 Å². The molecule has 2 amide bonds. The van der Waals surface area contributed by atoms with E-state index in [9.17, 15) is 9.59 Å². The zero-order chi connectivity index (χ0) is 13.8. The van der Waals surface area contributed by atoms with Gasteiger partial charge in [-0.15, -0.1) is 0 Å². The third-order valence-electron chi connectivity index (χ3n) is 2.49. The molecular formula is C12H13N3O2S2. The fraction of sp³-hybridized carbons (Fsp3) is 0.250. The Balaban J connectivity index is 1.91. The molecule has 1 saturated heterocycles. The monoisotopic (exact) mass is 295 g/mol. The van der Waals surface area contributed by atoms with Gasteiger partial charge >= 0.3 is 0 Å². The summed E-state index contributed by atoms with van der Waals surface area (Å²) in [6.45, 7) is 1.83. The molecule has 0 aromatic heterocycles. The topological polar surface area (TPSA) is 61.4 Å². The van der Waals surface area contributed by atoms with Crippen molar-refractivity contribution in [1.82, 2.24) is 4.90 Å². The van der Waals surface area contributed by atoms with Crippen LogP contribution in [0.4, 0.5) is 11.4 Å². The van der Waals surface area contributed by atoms with Gasteiger partial charge in [-0.25, -0.2) is 0 Å². The van der Waals surface area contributed by atoms with E-state index >= 15 is 0 Å². The fourth-order valence-electron chi connectivity index (χ4n) is 1.58. The van der Waals surface area contributed by atoms with E-state index in [0.717, 1.165) is 11.4 Å². The van der Waals surface area contributed by atoms with Crippen molar-refractivity contribution >= 4 is 51.5 Å². The Morgan fingerprint density at radius 3 is 2.53 bits per heavy atom. The Labute approximate surface area is 120 Å². The van der Waals surface area contributed by atoms with E-state index in [1.807, 2.05) is 12.1 Å². The van der Waals surface area contributed by atoms with Crippen molar-refractivity contribution in [3.8, 4) is 0 Å². The number of hydrogen-bond donors (Lipinski definition) is 2. The van der Waals surface area contributed by atoms with Gasteiger partial charge in [0, 0.05) is 18.3 Å². The van der Waals surface area contributed by atoms with E-state index in [1.165, 1.54) is 18.7 Å². The number of rotatable bonds is 4. The van der Waals surface area contributed by atoms with Crippen LogP contribution in [0.3, 0.4) is 0 Å². The third kappa shape index (κ3) is 3.68. The number of benzene rings is 1. The SMILES string of the molecule is CC(=O)Nc1ccc(NCN2C(=O)CSC2=S)cc1. The lowest BCUT2D eigenvalue weighted by Crippen LogP contribution is -2.33. The van der Waals surface area contributed by atoms with E-state index in [0.29, 0.717) is 16.7 Å². The lowest BCUT2D eigenvalue weighted by molar-refractivity contribution is -0.123. The van der Waals surface area contributed by atoms with Crippen molar-refractivity contribution in [2.24, 2.45) is 0 Å². The molecule has 1 heterocycles. The van der Waals surface area contributed by atoms with Crippen molar-refractivity contribution in [3.63, 3.8) is 0 Å². The normalized spacial score (nSPS) is 14.7. The molecule has 19 heavy (non-hydrogen) atoms. The van der Waals surface area contributed by atoms with Crippen LogP contribution in [-0.4, -0.2) is 33.5 Å². The highest BCUT2D eigenvalue weighted by Crippen LogP contribution is 2.19. The highest BCUT2D eigenvalue weighted by Gasteiger charge is 2.25. The molecule has 1 aliphatic rings. The van der Waals surface area contributed by atoms with E-state index in [2.05, 4.69) is 10.6 Å². The number of amides is 2. The van der Waals surface area contributed by atoms with E-state index in [4.69, 9.17) is 12.2 Å². The zero-order valence-corrected chi connectivity index (χ0v) is 11.9. The molecule has 1 aliphatic heterocycles. The summed E-state index contributed by atoms with van der Waals surface area (Å²) in [6, 6.07) is 7.26. The first-order valence-electron chi connectivity index (χ1n) is 5.65. The Kier molecular flexibility index (Phi) is 4.39. The molecular weight excluding hydrogens is 282 g/mol. The van der Waals surface area contributed by atoms with Crippen molar-refractivity contribution in [2.45, 2.75) is 6.92 Å². The molecule has 0 radical (unpaired) electrons. The van der Waals surface area contributed by atoms with Crippen LogP contribution in [0.25, 0.3) is 0 Å². The van der Waals surface area contributed by atoms with E-state index < -0.39 is 0 Å².